The van der Waals surface area contributed by atoms with Crippen LogP contribution in [-0.2, 0) is 11.0 Å². The van der Waals surface area contributed by atoms with Gasteiger partial charge in [0.1, 0.15) is 28.2 Å². The van der Waals surface area contributed by atoms with Gasteiger partial charge in [-0.15, -0.1) is 0 Å². The van der Waals surface area contributed by atoms with Gasteiger partial charge in [-0.25, -0.2) is 9.35 Å². The Morgan fingerprint density at radius 3 is 2.19 bits per heavy atom. The molecule has 1 aromatic rings. The summed E-state index contributed by atoms with van der Waals surface area (Å²) in [7, 11) is 1.38. The number of ether oxygens (including phenoxy) is 2. The predicted octanol–water partition coefficient (Wildman–Crippen LogP) is 1.00. The summed E-state index contributed by atoms with van der Waals surface area (Å²) in [5.74, 6) is 0.858. The second kappa shape index (κ2) is 5.53. The second-order valence-corrected chi connectivity index (χ2v) is 3.82. The number of nitrogens with two attached hydrogens (primary N) is 1. The summed E-state index contributed by atoms with van der Waals surface area (Å²) in [6.45, 7) is 0. The van der Waals surface area contributed by atoms with E-state index in [4.69, 9.17) is 14.6 Å². The van der Waals surface area contributed by atoms with Crippen molar-refractivity contribution in [3.05, 3.63) is 23.1 Å². The Labute approximate surface area is 96.1 Å². The van der Waals surface area contributed by atoms with E-state index in [1.165, 1.54) is 37.8 Å². The molecule has 0 aliphatic heterocycles. The zero-order chi connectivity index (χ0) is 12.1. The summed E-state index contributed by atoms with van der Waals surface area (Å²) in [5, 5.41) is 15.8. The quantitative estimate of drug-likeness (QED) is 0.826. The molecule has 0 aromatic heterocycles. The van der Waals surface area contributed by atoms with Crippen LogP contribution in [0.25, 0.3) is 6.08 Å². The van der Waals surface area contributed by atoms with E-state index in [2.05, 4.69) is 0 Å². The Morgan fingerprint density at radius 1 is 1.31 bits per heavy atom. The number of hydrogen-bond donors (Lipinski definition) is 2. The molecule has 0 saturated heterocycles. The van der Waals surface area contributed by atoms with Gasteiger partial charge in [0.05, 0.1) is 19.8 Å². The average Bonchev–Trinajstić information content (AvgIpc) is 2.25. The molecule has 0 fully saturated rings. The fourth-order valence-corrected chi connectivity index (χ4v) is 1.49. The zero-order valence-electron chi connectivity index (χ0n) is 8.97. The van der Waals surface area contributed by atoms with Gasteiger partial charge in [0.15, 0.2) is 0 Å². The molecule has 0 aliphatic rings. The van der Waals surface area contributed by atoms with E-state index in [1.54, 1.807) is 0 Å². The van der Waals surface area contributed by atoms with Gasteiger partial charge in [0.25, 0.3) is 0 Å². The molecule has 88 valence electrons. The molecule has 0 bridgehead atoms. The molecule has 1 rings (SSSR count). The highest BCUT2D eigenvalue weighted by atomic mass is 32.2. The number of phenols is 1. The summed E-state index contributed by atoms with van der Waals surface area (Å²) in [4.78, 5) is 0. The molecule has 0 saturated carbocycles. The first kappa shape index (κ1) is 12.5. The first-order chi connectivity index (χ1) is 7.58. The van der Waals surface area contributed by atoms with Gasteiger partial charge in [0.2, 0.25) is 0 Å². The second-order valence-electron chi connectivity index (χ2n) is 2.90. The predicted molar refractivity (Wildman–Crippen MR) is 62.6 cm³/mol. The molecule has 1 atom stereocenters. The van der Waals surface area contributed by atoms with Crippen LogP contribution in [0, 0.1) is 0 Å². The lowest BCUT2D eigenvalue weighted by atomic mass is 10.1. The molecule has 3 N–H and O–H groups in total. The van der Waals surface area contributed by atoms with Crippen LogP contribution in [0.2, 0.25) is 0 Å². The molecular weight excluding hydrogens is 230 g/mol. The largest absolute Gasteiger partial charge is 0.508 e. The highest BCUT2D eigenvalue weighted by Gasteiger charge is 2.09. The fourth-order valence-electron chi connectivity index (χ4n) is 1.22. The van der Waals surface area contributed by atoms with Crippen molar-refractivity contribution in [2.45, 2.75) is 0 Å². The highest BCUT2D eigenvalue weighted by molar-refractivity contribution is 7.85. The minimum Gasteiger partial charge on any atom is -0.508 e. The minimum atomic E-state index is -1.55. The van der Waals surface area contributed by atoms with Crippen molar-refractivity contribution in [3.8, 4) is 17.2 Å². The number of methoxy groups -OCH3 is 2. The van der Waals surface area contributed by atoms with Crippen molar-refractivity contribution < 1.29 is 18.8 Å². The van der Waals surface area contributed by atoms with Crippen LogP contribution in [0.5, 0.6) is 17.2 Å². The standard InChI is InChI=1S/C10H13NO4S/c1-14-9-5-7(12)6-10(15-2)8(9)3-4-16(11)13/h3-6,12H,11H2,1-2H3/b4-3-. The lowest BCUT2D eigenvalue weighted by molar-refractivity contribution is 0.383. The molecule has 5 nitrogen and oxygen atoms in total. The maximum absolute atomic E-state index is 10.8. The number of aromatic hydroxyl groups is 1. The summed E-state index contributed by atoms with van der Waals surface area (Å²) >= 11 is 0. The Hall–Kier alpha value is -1.53. The summed E-state index contributed by atoms with van der Waals surface area (Å²) in [5.41, 5.74) is 0.571. The minimum absolute atomic E-state index is 0.0275. The van der Waals surface area contributed by atoms with Crippen LogP contribution in [0.1, 0.15) is 5.56 Å². The summed E-state index contributed by atoms with van der Waals surface area (Å²) < 4.78 is 20.9. The maximum atomic E-state index is 10.8. The molecular formula is C10H13NO4S. The Balaban J connectivity index is 3.27. The first-order valence-electron chi connectivity index (χ1n) is 4.36. The van der Waals surface area contributed by atoms with Crippen molar-refractivity contribution in [2.75, 3.05) is 14.2 Å². The Kier molecular flexibility index (Phi) is 4.33. The van der Waals surface area contributed by atoms with E-state index < -0.39 is 11.0 Å². The van der Waals surface area contributed by atoms with Crippen molar-refractivity contribution >= 4 is 17.1 Å². The third-order valence-electron chi connectivity index (χ3n) is 1.90. The monoisotopic (exact) mass is 243 g/mol. The van der Waals surface area contributed by atoms with E-state index in [1.807, 2.05) is 0 Å². The molecule has 0 radical (unpaired) electrons. The summed E-state index contributed by atoms with van der Waals surface area (Å²) in [6, 6.07) is 2.86. The Morgan fingerprint density at radius 2 is 1.81 bits per heavy atom. The molecule has 16 heavy (non-hydrogen) atoms. The summed E-state index contributed by atoms with van der Waals surface area (Å²) in [6.07, 6.45) is 1.52. The van der Waals surface area contributed by atoms with Gasteiger partial charge in [-0.1, -0.05) is 0 Å². The van der Waals surface area contributed by atoms with Crippen molar-refractivity contribution in [3.63, 3.8) is 0 Å². The third-order valence-corrected chi connectivity index (χ3v) is 2.30. The maximum Gasteiger partial charge on any atom is 0.133 e. The topological polar surface area (TPSA) is 81.8 Å². The number of rotatable bonds is 4. The van der Waals surface area contributed by atoms with Gasteiger partial charge >= 0.3 is 0 Å². The Bertz CT molecular complexity index is 406. The number of benzene rings is 1. The average molecular weight is 243 g/mol. The van der Waals surface area contributed by atoms with Gasteiger partial charge in [-0.2, -0.15) is 0 Å². The van der Waals surface area contributed by atoms with Crippen LogP contribution in [0.15, 0.2) is 17.5 Å². The van der Waals surface area contributed by atoms with Gasteiger partial charge in [-0.05, 0) is 6.08 Å². The van der Waals surface area contributed by atoms with Crippen molar-refractivity contribution in [1.82, 2.24) is 0 Å². The van der Waals surface area contributed by atoms with E-state index in [0.717, 1.165) is 0 Å². The molecule has 1 unspecified atom stereocenters. The van der Waals surface area contributed by atoms with Crippen LogP contribution in [0.4, 0.5) is 0 Å². The van der Waals surface area contributed by atoms with Crippen LogP contribution < -0.4 is 14.6 Å². The van der Waals surface area contributed by atoms with E-state index in [-0.39, 0.29) is 5.75 Å². The molecule has 1 aromatic carbocycles. The van der Waals surface area contributed by atoms with E-state index in [0.29, 0.717) is 17.1 Å². The smallest absolute Gasteiger partial charge is 0.133 e. The molecule has 0 aliphatic carbocycles. The third kappa shape index (κ3) is 2.98. The van der Waals surface area contributed by atoms with Crippen LogP contribution in [0.3, 0.4) is 0 Å². The van der Waals surface area contributed by atoms with E-state index in [9.17, 15) is 9.32 Å². The SMILES string of the molecule is COc1cc(O)cc(OC)c1/C=C\S(N)=O. The number of hydrogen-bond acceptors (Lipinski definition) is 4. The number of phenolic OH excluding ortho intramolecular Hbond substituents is 1. The van der Waals surface area contributed by atoms with Crippen molar-refractivity contribution in [1.29, 1.82) is 0 Å². The van der Waals surface area contributed by atoms with E-state index >= 15 is 0 Å². The molecule has 0 spiro atoms. The van der Waals surface area contributed by atoms with Gasteiger partial charge in [0, 0.05) is 17.5 Å². The van der Waals surface area contributed by atoms with Gasteiger partial charge < -0.3 is 14.6 Å². The van der Waals surface area contributed by atoms with Crippen LogP contribution in [-0.4, -0.2) is 23.5 Å². The molecule has 0 amide bonds. The van der Waals surface area contributed by atoms with Gasteiger partial charge in [-0.3, -0.25) is 0 Å². The zero-order valence-corrected chi connectivity index (χ0v) is 9.78. The lowest BCUT2D eigenvalue weighted by Crippen LogP contribution is -1.97. The molecule has 6 heteroatoms. The lowest BCUT2D eigenvalue weighted by Gasteiger charge is -2.10. The fraction of sp³-hybridized carbons (Fsp3) is 0.200. The first-order valence-corrected chi connectivity index (χ1v) is 5.64. The highest BCUT2D eigenvalue weighted by Crippen LogP contribution is 2.34. The van der Waals surface area contributed by atoms with Crippen molar-refractivity contribution in [2.24, 2.45) is 5.14 Å². The molecule has 0 heterocycles. The van der Waals surface area contributed by atoms with Crippen LogP contribution >= 0.6 is 0 Å². The normalized spacial score (nSPS) is 12.7.